The van der Waals surface area contributed by atoms with Crippen LogP contribution < -0.4 is 15.5 Å². The zero-order chi connectivity index (χ0) is 25.8. The first-order valence-electron chi connectivity index (χ1n) is 12.1. The second-order valence-electron chi connectivity index (χ2n) is 8.96. The van der Waals surface area contributed by atoms with E-state index in [9.17, 15) is 14.0 Å². The lowest BCUT2D eigenvalue weighted by Gasteiger charge is -2.36. The number of nitrogens with one attached hydrogen (secondary N) is 2. The predicted octanol–water partition coefficient (Wildman–Crippen LogP) is 4.95. The third kappa shape index (κ3) is 5.86. The summed E-state index contributed by atoms with van der Waals surface area (Å²) in [5, 5.41) is 7.12. The number of carbonyl (C=O) groups excluding carboxylic acids is 2. The van der Waals surface area contributed by atoms with E-state index in [0.717, 1.165) is 16.6 Å². The molecule has 0 unspecified atom stereocenters. The summed E-state index contributed by atoms with van der Waals surface area (Å²) in [5.41, 5.74) is 3.12. The maximum atomic E-state index is 14.1. The van der Waals surface area contributed by atoms with Gasteiger partial charge in [-0.25, -0.2) is 9.18 Å². The molecule has 7 nitrogen and oxygen atoms in total. The Bertz CT molecular complexity index is 1410. The number of aromatic nitrogens is 1. The van der Waals surface area contributed by atoms with Crippen LogP contribution in [0.15, 0.2) is 79.0 Å². The van der Waals surface area contributed by atoms with Gasteiger partial charge in [0, 0.05) is 54.3 Å². The molecule has 0 aliphatic carbocycles. The quantitative estimate of drug-likeness (QED) is 0.378. The summed E-state index contributed by atoms with van der Waals surface area (Å²) in [6, 6.07) is 21.4. The fourth-order valence-electron chi connectivity index (χ4n) is 4.52. The first kappa shape index (κ1) is 24.6. The van der Waals surface area contributed by atoms with Crippen molar-refractivity contribution in [2.24, 2.45) is 0 Å². The van der Waals surface area contributed by atoms with Crippen molar-refractivity contribution in [1.29, 1.82) is 0 Å². The van der Waals surface area contributed by atoms with E-state index >= 15 is 0 Å². The summed E-state index contributed by atoms with van der Waals surface area (Å²) in [6.07, 6.45) is 1.90. The minimum absolute atomic E-state index is 0.0846. The molecule has 2 heterocycles. The summed E-state index contributed by atoms with van der Waals surface area (Å²) >= 11 is 5.96. The van der Waals surface area contributed by atoms with Gasteiger partial charge in [0.05, 0.1) is 18.6 Å². The molecule has 190 valence electrons. The fourth-order valence-corrected chi connectivity index (χ4v) is 4.64. The van der Waals surface area contributed by atoms with Crippen LogP contribution in [0.25, 0.3) is 10.9 Å². The van der Waals surface area contributed by atoms with Gasteiger partial charge in [-0.2, -0.15) is 0 Å². The molecule has 0 saturated carbocycles. The third-order valence-electron chi connectivity index (χ3n) is 6.55. The van der Waals surface area contributed by atoms with Gasteiger partial charge in [-0.15, -0.1) is 0 Å². The van der Waals surface area contributed by atoms with Gasteiger partial charge < -0.3 is 25.0 Å². The minimum atomic E-state index is -0.459. The molecule has 0 bridgehead atoms. The van der Waals surface area contributed by atoms with Gasteiger partial charge in [0.15, 0.2) is 0 Å². The molecule has 1 fully saturated rings. The lowest BCUT2D eigenvalue weighted by molar-refractivity contribution is -0.130. The van der Waals surface area contributed by atoms with Crippen LogP contribution in [0.2, 0.25) is 5.02 Å². The van der Waals surface area contributed by atoms with Crippen LogP contribution in [0.5, 0.6) is 0 Å². The largest absolute Gasteiger partial charge is 0.368 e. The van der Waals surface area contributed by atoms with Crippen LogP contribution in [-0.2, 0) is 11.3 Å². The fraction of sp³-hybridized carbons (Fsp3) is 0.214. The number of amides is 3. The molecule has 0 radical (unpaired) electrons. The summed E-state index contributed by atoms with van der Waals surface area (Å²) < 4.78 is 16.0. The number of benzene rings is 3. The molecule has 2 N–H and O–H groups in total. The highest BCUT2D eigenvalue weighted by Crippen LogP contribution is 2.23. The molecular weight excluding hydrogens is 493 g/mol. The van der Waals surface area contributed by atoms with Crippen LogP contribution in [0, 0.1) is 5.82 Å². The standard InChI is InChI=1S/C28H27ClFN5O2/c29-22-6-9-24(10-7-22)33-13-15-34(16-14-33)27(36)18-31-28(37)32-23-8-5-20-11-12-35(26(20)17-23)19-21-3-1-2-4-25(21)30/h1-12,17H,13-16,18-19H2,(H2,31,32,37). The van der Waals surface area contributed by atoms with Crippen molar-refractivity contribution in [2.75, 3.05) is 42.9 Å². The van der Waals surface area contributed by atoms with Gasteiger partial charge in [0.2, 0.25) is 5.91 Å². The molecule has 1 aromatic heterocycles. The van der Waals surface area contributed by atoms with Crippen molar-refractivity contribution in [3.63, 3.8) is 0 Å². The van der Waals surface area contributed by atoms with Gasteiger partial charge in [-0.1, -0.05) is 35.9 Å². The van der Waals surface area contributed by atoms with Gasteiger partial charge in [-0.3, -0.25) is 4.79 Å². The van der Waals surface area contributed by atoms with Gasteiger partial charge in [0.1, 0.15) is 5.82 Å². The SMILES string of the molecule is O=C(NCC(=O)N1CCN(c2ccc(Cl)cc2)CC1)Nc1ccc2ccn(Cc3ccccc3F)c2c1. The second-order valence-corrected chi connectivity index (χ2v) is 9.40. The van der Waals surface area contributed by atoms with Crippen molar-refractivity contribution < 1.29 is 14.0 Å². The van der Waals surface area contributed by atoms with Gasteiger partial charge in [0.25, 0.3) is 0 Å². The smallest absolute Gasteiger partial charge is 0.319 e. The number of fused-ring (bicyclic) bond motifs is 1. The molecule has 0 atom stereocenters. The number of halogens is 2. The Morgan fingerprint density at radius 1 is 0.919 bits per heavy atom. The average molecular weight is 520 g/mol. The molecule has 5 rings (SSSR count). The van der Waals surface area contributed by atoms with E-state index in [0.29, 0.717) is 49.0 Å². The van der Waals surface area contributed by atoms with E-state index in [1.807, 2.05) is 59.3 Å². The van der Waals surface area contributed by atoms with Crippen molar-refractivity contribution in [2.45, 2.75) is 6.54 Å². The van der Waals surface area contributed by atoms with Crippen LogP contribution >= 0.6 is 11.6 Å². The van der Waals surface area contributed by atoms with Crippen LogP contribution in [-0.4, -0.2) is 54.1 Å². The Hall–Kier alpha value is -4.04. The van der Waals surface area contributed by atoms with E-state index in [4.69, 9.17) is 11.6 Å². The van der Waals surface area contributed by atoms with Crippen molar-refractivity contribution in [3.8, 4) is 0 Å². The van der Waals surface area contributed by atoms with Gasteiger partial charge >= 0.3 is 6.03 Å². The summed E-state index contributed by atoms with van der Waals surface area (Å²) in [6.45, 7) is 2.89. The first-order valence-corrected chi connectivity index (χ1v) is 12.5. The normalized spacial score (nSPS) is 13.6. The first-order chi connectivity index (χ1) is 18.0. The summed E-state index contributed by atoms with van der Waals surface area (Å²) in [5.74, 6) is -0.380. The molecule has 3 amide bonds. The zero-order valence-corrected chi connectivity index (χ0v) is 20.9. The van der Waals surface area contributed by atoms with Gasteiger partial charge in [-0.05, 0) is 53.9 Å². The minimum Gasteiger partial charge on any atom is -0.368 e. The van der Waals surface area contributed by atoms with Crippen molar-refractivity contribution >= 4 is 45.8 Å². The Morgan fingerprint density at radius 2 is 1.68 bits per heavy atom. The van der Waals surface area contributed by atoms with E-state index in [1.165, 1.54) is 6.07 Å². The summed E-state index contributed by atoms with van der Waals surface area (Å²) in [4.78, 5) is 29.1. The number of rotatable bonds is 6. The Labute approximate surface area is 219 Å². The number of nitrogens with zero attached hydrogens (tertiary/aromatic N) is 3. The third-order valence-corrected chi connectivity index (χ3v) is 6.81. The molecule has 1 aliphatic rings. The number of anilines is 2. The Kier molecular flexibility index (Phi) is 7.28. The number of carbonyl (C=O) groups is 2. The molecule has 0 spiro atoms. The molecule has 37 heavy (non-hydrogen) atoms. The molecule has 3 aromatic carbocycles. The number of hydrogen-bond acceptors (Lipinski definition) is 3. The zero-order valence-electron chi connectivity index (χ0n) is 20.2. The Morgan fingerprint density at radius 3 is 2.43 bits per heavy atom. The van der Waals surface area contributed by atoms with E-state index < -0.39 is 6.03 Å². The molecular formula is C28H27ClFN5O2. The molecule has 4 aromatic rings. The average Bonchev–Trinajstić information content (AvgIpc) is 3.31. The summed E-state index contributed by atoms with van der Waals surface area (Å²) in [7, 11) is 0. The lowest BCUT2D eigenvalue weighted by atomic mass is 10.2. The highest BCUT2D eigenvalue weighted by Gasteiger charge is 2.21. The van der Waals surface area contributed by atoms with E-state index in [-0.39, 0.29) is 18.3 Å². The maximum absolute atomic E-state index is 14.1. The highest BCUT2D eigenvalue weighted by atomic mass is 35.5. The van der Waals surface area contributed by atoms with Crippen LogP contribution in [0.3, 0.4) is 0 Å². The topological polar surface area (TPSA) is 69.6 Å². The van der Waals surface area contributed by atoms with Crippen LogP contribution in [0.4, 0.5) is 20.6 Å². The van der Waals surface area contributed by atoms with Crippen molar-refractivity contribution in [1.82, 2.24) is 14.8 Å². The van der Waals surface area contributed by atoms with E-state index in [2.05, 4.69) is 15.5 Å². The van der Waals surface area contributed by atoms with Crippen LogP contribution in [0.1, 0.15) is 5.56 Å². The van der Waals surface area contributed by atoms with Crippen molar-refractivity contribution in [3.05, 3.63) is 95.4 Å². The Balaban J connectivity index is 1.13. The number of piperazine rings is 1. The molecule has 1 aliphatic heterocycles. The lowest BCUT2D eigenvalue weighted by Crippen LogP contribution is -2.51. The second kappa shape index (κ2) is 10.9. The molecule has 1 saturated heterocycles. The monoisotopic (exact) mass is 519 g/mol. The molecule has 9 heteroatoms. The highest BCUT2D eigenvalue weighted by molar-refractivity contribution is 6.30. The number of urea groups is 1. The number of hydrogen-bond donors (Lipinski definition) is 2. The van der Waals surface area contributed by atoms with E-state index in [1.54, 1.807) is 23.1 Å². The predicted molar refractivity (Wildman–Crippen MR) is 145 cm³/mol. The maximum Gasteiger partial charge on any atom is 0.319 e.